The normalized spacial score (nSPS) is 31.9. The van der Waals surface area contributed by atoms with Crippen molar-refractivity contribution in [1.29, 1.82) is 0 Å². The quantitative estimate of drug-likeness (QED) is 0.736. The molecule has 1 aliphatic carbocycles. The zero-order chi connectivity index (χ0) is 20.1. The van der Waals surface area contributed by atoms with E-state index >= 15 is 0 Å². The highest BCUT2D eigenvalue weighted by atomic mass is 16.2. The molecule has 3 aliphatic heterocycles. The molecule has 0 spiro atoms. The number of carbonyl (C=O) groups excluding carboxylic acids is 3. The Labute approximate surface area is 170 Å². The van der Waals surface area contributed by atoms with Crippen molar-refractivity contribution in [3.8, 4) is 0 Å². The van der Waals surface area contributed by atoms with Crippen LogP contribution < -0.4 is 11.1 Å². The van der Waals surface area contributed by atoms with Crippen molar-refractivity contribution >= 4 is 17.7 Å². The molecule has 3 amide bonds. The lowest BCUT2D eigenvalue weighted by Crippen LogP contribution is -2.52. The second-order valence-electron chi connectivity index (χ2n) is 9.03. The number of piperidine rings is 2. The fraction of sp³-hybridized carbons (Fsp3) is 0.591. The molecule has 1 aromatic rings. The SMILES string of the molecule is NCC1C2CCC1CN(Cc1cccc3c1CN(C1CCC(=O)NC1=O)C3=O)C2. The lowest BCUT2D eigenvalue weighted by Gasteiger charge is -2.37. The van der Waals surface area contributed by atoms with Crippen LogP contribution in [0.25, 0.3) is 0 Å². The molecule has 29 heavy (non-hydrogen) atoms. The molecule has 4 aliphatic rings. The Morgan fingerprint density at radius 1 is 1.07 bits per heavy atom. The molecule has 7 heteroatoms. The summed E-state index contributed by atoms with van der Waals surface area (Å²) in [5.74, 6) is 1.33. The van der Waals surface area contributed by atoms with Crippen LogP contribution in [0, 0.1) is 17.8 Å². The number of rotatable bonds is 4. The van der Waals surface area contributed by atoms with Gasteiger partial charge >= 0.3 is 0 Å². The van der Waals surface area contributed by atoms with Crippen LogP contribution in [0.15, 0.2) is 18.2 Å². The van der Waals surface area contributed by atoms with Gasteiger partial charge in [-0.25, -0.2) is 0 Å². The maximum atomic E-state index is 13.0. The van der Waals surface area contributed by atoms with E-state index < -0.39 is 6.04 Å². The van der Waals surface area contributed by atoms with E-state index in [0.29, 0.717) is 36.3 Å². The highest BCUT2D eigenvalue weighted by Crippen LogP contribution is 2.42. The average molecular weight is 396 g/mol. The summed E-state index contributed by atoms with van der Waals surface area (Å²) in [4.78, 5) is 40.9. The van der Waals surface area contributed by atoms with Crippen LogP contribution in [-0.4, -0.2) is 53.2 Å². The van der Waals surface area contributed by atoms with Gasteiger partial charge in [0.2, 0.25) is 11.8 Å². The van der Waals surface area contributed by atoms with Crippen LogP contribution >= 0.6 is 0 Å². The van der Waals surface area contributed by atoms with Crippen molar-refractivity contribution < 1.29 is 14.4 Å². The lowest BCUT2D eigenvalue weighted by molar-refractivity contribution is -0.136. The predicted molar refractivity (Wildman–Crippen MR) is 107 cm³/mol. The molecule has 154 valence electrons. The fourth-order valence-electron chi connectivity index (χ4n) is 5.99. The van der Waals surface area contributed by atoms with E-state index in [1.165, 1.54) is 18.4 Å². The number of nitrogens with one attached hydrogen (secondary N) is 1. The summed E-state index contributed by atoms with van der Waals surface area (Å²) in [6.45, 7) is 4.23. The fourth-order valence-corrected chi connectivity index (χ4v) is 5.99. The van der Waals surface area contributed by atoms with Crippen LogP contribution in [0.3, 0.4) is 0 Å². The van der Waals surface area contributed by atoms with Gasteiger partial charge in [0.15, 0.2) is 0 Å². The van der Waals surface area contributed by atoms with E-state index in [4.69, 9.17) is 5.73 Å². The molecule has 7 nitrogen and oxygen atoms in total. The molecule has 0 radical (unpaired) electrons. The molecule has 2 bridgehead atoms. The van der Waals surface area contributed by atoms with Crippen LogP contribution in [0.5, 0.6) is 0 Å². The number of nitrogens with two attached hydrogens (primary N) is 1. The van der Waals surface area contributed by atoms with E-state index in [-0.39, 0.29) is 24.1 Å². The number of hydrogen-bond acceptors (Lipinski definition) is 5. The largest absolute Gasteiger partial charge is 0.330 e. The van der Waals surface area contributed by atoms with Gasteiger partial charge in [-0.05, 0) is 60.8 Å². The maximum Gasteiger partial charge on any atom is 0.255 e. The van der Waals surface area contributed by atoms with Gasteiger partial charge in [-0.1, -0.05) is 12.1 Å². The van der Waals surface area contributed by atoms with E-state index in [1.54, 1.807) is 4.90 Å². The van der Waals surface area contributed by atoms with Crippen molar-refractivity contribution in [2.45, 2.75) is 44.8 Å². The average Bonchev–Trinajstić information content (AvgIpc) is 3.16. The van der Waals surface area contributed by atoms with Crippen molar-refractivity contribution in [3.05, 3.63) is 34.9 Å². The maximum absolute atomic E-state index is 13.0. The third-order valence-corrected chi connectivity index (χ3v) is 7.45. The number of nitrogens with zero attached hydrogens (tertiary/aromatic N) is 2. The first-order valence-electron chi connectivity index (χ1n) is 10.7. The number of hydrogen-bond donors (Lipinski definition) is 2. The number of amides is 3. The second kappa shape index (κ2) is 7.22. The first-order valence-corrected chi connectivity index (χ1v) is 10.7. The minimum absolute atomic E-state index is 0.0988. The molecule has 0 aromatic heterocycles. The van der Waals surface area contributed by atoms with Gasteiger partial charge in [0.25, 0.3) is 5.91 Å². The highest BCUT2D eigenvalue weighted by molar-refractivity contribution is 6.05. The molecule has 3 fully saturated rings. The van der Waals surface area contributed by atoms with Gasteiger partial charge in [-0.3, -0.25) is 24.6 Å². The van der Waals surface area contributed by atoms with Crippen LogP contribution in [0.1, 0.15) is 47.2 Å². The third kappa shape index (κ3) is 3.16. The first-order chi connectivity index (χ1) is 14.0. The molecule has 5 rings (SSSR count). The number of carbonyl (C=O) groups is 3. The minimum Gasteiger partial charge on any atom is -0.330 e. The van der Waals surface area contributed by atoms with Gasteiger partial charge in [0, 0.05) is 38.2 Å². The van der Waals surface area contributed by atoms with Crippen LogP contribution in [0.2, 0.25) is 0 Å². The van der Waals surface area contributed by atoms with Crippen LogP contribution in [-0.2, 0) is 22.7 Å². The summed E-state index contributed by atoms with van der Waals surface area (Å²) < 4.78 is 0. The molecule has 1 aromatic carbocycles. The molecule has 2 saturated heterocycles. The molecule has 3 N–H and O–H groups in total. The Morgan fingerprint density at radius 3 is 2.52 bits per heavy atom. The zero-order valence-electron chi connectivity index (χ0n) is 16.6. The Morgan fingerprint density at radius 2 is 1.83 bits per heavy atom. The first kappa shape index (κ1) is 18.8. The predicted octanol–water partition coefficient (Wildman–Crippen LogP) is 0.864. The topological polar surface area (TPSA) is 95.7 Å². The molecule has 1 saturated carbocycles. The number of fused-ring (bicyclic) bond motifs is 3. The Hall–Kier alpha value is -2.25. The monoisotopic (exact) mass is 396 g/mol. The van der Waals surface area contributed by atoms with Crippen molar-refractivity contribution in [1.82, 2.24) is 15.1 Å². The third-order valence-electron chi connectivity index (χ3n) is 7.45. The second-order valence-corrected chi connectivity index (χ2v) is 9.03. The van der Waals surface area contributed by atoms with Crippen LogP contribution in [0.4, 0.5) is 0 Å². The van der Waals surface area contributed by atoms with E-state index in [9.17, 15) is 14.4 Å². The number of likely N-dealkylation sites (tertiary alicyclic amines) is 1. The van der Waals surface area contributed by atoms with E-state index in [0.717, 1.165) is 31.7 Å². The van der Waals surface area contributed by atoms with Crippen molar-refractivity contribution in [2.24, 2.45) is 23.5 Å². The summed E-state index contributed by atoms with van der Waals surface area (Å²) in [5, 5.41) is 2.37. The smallest absolute Gasteiger partial charge is 0.255 e. The molecular weight excluding hydrogens is 368 g/mol. The number of benzene rings is 1. The summed E-state index contributed by atoms with van der Waals surface area (Å²) >= 11 is 0. The summed E-state index contributed by atoms with van der Waals surface area (Å²) in [6.07, 6.45) is 3.23. The molecule has 3 unspecified atom stereocenters. The molecule has 3 atom stereocenters. The van der Waals surface area contributed by atoms with Gasteiger partial charge in [0.05, 0.1) is 0 Å². The highest BCUT2D eigenvalue weighted by Gasteiger charge is 2.42. The summed E-state index contributed by atoms with van der Waals surface area (Å²) in [7, 11) is 0. The van der Waals surface area contributed by atoms with Gasteiger partial charge < -0.3 is 10.6 Å². The standard InChI is InChI=1S/C22H28N4O3/c23-8-17-14-4-5-15(17)11-25(10-14)9-13-2-1-3-16-18(13)12-26(22(16)29)19-6-7-20(27)24-21(19)28/h1-3,14-15,17,19H,4-12,23H2,(H,24,27,28). The Balaban J connectivity index is 1.34. The van der Waals surface area contributed by atoms with Crippen molar-refractivity contribution in [3.63, 3.8) is 0 Å². The lowest BCUT2D eigenvalue weighted by atomic mass is 9.85. The van der Waals surface area contributed by atoms with E-state index in [1.807, 2.05) is 12.1 Å². The Kier molecular flexibility index (Phi) is 4.67. The van der Waals surface area contributed by atoms with Gasteiger partial charge in [-0.15, -0.1) is 0 Å². The molecular formula is C22H28N4O3. The van der Waals surface area contributed by atoms with Gasteiger partial charge in [-0.2, -0.15) is 0 Å². The molecule has 3 heterocycles. The summed E-state index contributed by atoms with van der Waals surface area (Å²) in [6, 6.07) is 5.35. The van der Waals surface area contributed by atoms with Gasteiger partial charge in [0.1, 0.15) is 6.04 Å². The number of imide groups is 1. The minimum atomic E-state index is -0.559. The Bertz CT molecular complexity index is 856. The van der Waals surface area contributed by atoms with Crippen molar-refractivity contribution in [2.75, 3.05) is 19.6 Å². The zero-order valence-corrected chi connectivity index (χ0v) is 16.6. The summed E-state index contributed by atoms with van der Waals surface area (Å²) in [5.41, 5.74) is 8.92. The van der Waals surface area contributed by atoms with E-state index in [2.05, 4.69) is 16.3 Å².